The second kappa shape index (κ2) is 12.2. The van der Waals surface area contributed by atoms with Crippen molar-refractivity contribution in [2.45, 2.75) is 20.0 Å². The van der Waals surface area contributed by atoms with Gasteiger partial charge in [-0.2, -0.15) is 0 Å². The number of para-hydroxylation sites is 2. The van der Waals surface area contributed by atoms with Gasteiger partial charge in [0.25, 0.3) is 5.91 Å². The largest absolute Gasteiger partial charge is 0.493 e. The van der Waals surface area contributed by atoms with E-state index in [0.717, 1.165) is 0 Å². The number of methoxy groups -OCH3 is 1. The fourth-order valence-electron chi connectivity index (χ4n) is 3.26. The number of rotatable bonds is 11. The third-order valence-electron chi connectivity index (χ3n) is 4.95. The fourth-order valence-corrected chi connectivity index (χ4v) is 3.26. The number of nitrogens with one attached hydrogen (secondary N) is 1. The molecule has 1 unspecified atom stereocenters. The first-order chi connectivity index (χ1) is 16.9. The summed E-state index contributed by atoms with van der Waals surface area (Å²) in [5.74, 6) is -0.358. The molecule has 0 bridgehead atoms. The molecule has 182 valence electrons. The molecule has 35 heavy (non-hydrogen) atoms. The predicted molar refractivity (Wildman–Crippen MR) is 130 cm³/mol. The third kappa shape index (κ3) is 6.83. The molecule has 0 radical (unpaired) electrons. The van der Waals surface area contributed by atoms with Crippen molar-refractivity contribution in [3.63, 3.8) is 0 Å². The summed E-state index contributed by atoms with van der Waals surface area (Å²) in [4.78, 5) is 37.4. The van der Waals surface area contributed by atoms with Crippen molar-refractivity contribution in [1.29, 1.82) is 0 Å². The molecule has 0 saturated carbocycles. The molecule has 0 aliphatic heterocycles. The van der Waals surface area contributed by atoms with Crippen LogP contribution in [0.2, 0.25) is 0 Å². The number of esters is 1. The number of anilines is 1. The number of ketones is 1. The van der Waals surface area contributed by atoms with Gasteiger partial charge in [-0.3, -0.25) is 9.59 Å². The normalized spacial score (nSPS) is 11.2. The molecule has 0 heterocycles. The number of Topliss-reactive ketones (excluding diaryl/α,β-unsaturated/α-hetero) is 1. The first-order valence-electron chi connectivity index (χ1n) is 11.0. The van der Waals surface area contributed by atoms with Crippen molar-refractivity contribution in [2.75, 3.05) is 25.6 Å². The van der Waals surface area contributed by atoms with E-state index in [2.05, 4.69) is 5.32 Å². The lowest BCUT2D eigenvalue weighted by Crippen LogP contribution is -2.28. The zero-order chi connectivity index (χ0) is 25.2. The van der Waals surface area contributed by atoms with Gasteiger partial charge in [0.05, 0.1) is 19.4 Å². The van der Waals surface area contributed by atoms with Crippen LogP contribution < -0.4 is 19.5 Å². The highest BCUT2D eigenvalue weighted by Crippen LogP contribution is 2.29. The number of ether oxygens (including phenoxy) is 4. The lowest BCUT2D eigenvalue weighted by Gasteiger charge is -2.19. The smallest absolute Gasteiger partial charge is 0.345 e. The Balaban J connectivity index is 1.74. The summed E-state index contributed by atoms with van der Waals surface area (Å²) < 4.78 is 21.9. The molecule has 8 nitrogen and oxygen atoms in total. The van der Waals surface area contributed by atoms with Gasteiger partial charge < -0.3 is 24.3 Å². The Morgan fingerprint density at radius 2 is 1.57 bits per heavy atom. The molecule has 0 spiro atoms. The average Bonchev–Trinajstić information content (AvgIpc) is 2.87. The van der Waals surface area contributed by atoms with Gasteiger partial charge in [0, 0.05) is 11.1 Å². The summed E-state index contributed by atoms with van der Waals surface area (Å²) >= 11 is 0. The van der Waals surface area contributed by atoms with Gasteiger partial charge in [0.1, 0.15) is 5.75 Å². The molecule has 0 aliphatic rings. The van der Waals surface area contributed by atoms with E-state index < -0.39 is 24.6 Å². The maximum Gasteiger partial charge on any atom is 0.345 e. The molecular weight excluding hydrogens is 450 g/mol. The molecule has 1 amide bonds. The first kappa shape index (κ1) is 25.3. The van der Waals surface area contributed by atoms with Gasteiger partial charge in [0.15, 0.2) is 23.9 Å². The third-order valence-corrected chi connectivity index (χ3v) is 4.95. The molecule has 3 aromatic rings. The second-order valence-electron chi connectivity index (χ2n) is 7.41. The Kier molecular flexibility index (Phi) is 8.83. The lowest BCUT2D eigenvalue weighted by molar-refractivity contribution is -0.156. The maximum atomic E-state index is 13.1. The van der Waals surface area contributed by atoms with E-state index in [4.69, 9.17) is 18.9 Å². The zero-order valence-electron chi connectivity index (χ0n) is 19.8. The number of hydrogen-bond donors (Lipinski definition) is 1. The SMILES string of the molecule is CCOc1ccccc1NC(=O)C(OC(=O)COc1ccc(C(C)=O)cc1OC)c1ccccc1. The maximum absolute atomic E-state index is 13.1. The van der Waals surface area contributed by atoms with Crippen LogP contribution in [-0.4, -0.2) is 38.0 Å². The Hall–Kier alpha value is -4.33. The van der Waals surface area contributed by atoms with Crippen molar-refractivity contribution < 1.29 is 33.3 Å². The minimum atomic E-state index is -1.22. The zero-order valence-corrected chi connectivity index (χ0v) is 19.8. The second-order valence-corrected chi connectivity index (χ2v) is 7.41. The summed E-state index contributed by atoms with van der Waals surface area (Å²) in [6, 6.07) is 20.3. The Labute approximate surface area is 203 Å². The highest BCUT2D eigenvalue weighted by Gasteiger charge is 2.26. The van der Waals surface area contributed by atoms with Crippen LogP contribution in [0.5, 0.6) is 17.2 Å². The molecule has 3 rings (SSSR count). The van der Waals surface area contributed by atoms with Crippen LogP contribution in [0.3, 0.4) is 0 Å². The first-order valence-corrected chi connectivity index (χ1v) is 11.0. The molecule has 8 heteroatoms. The highest BCUT2D eigenvalue weighted by atomic mass is 16.6. The number of amides is 1. The van der Waals surface area contributed by atoms with E-state index in [9.17, 15) is 14.4 Å². The molecule has 1 N–H and O–H groups in total. The van der Waals surface area contributed by atoms with Gasteiger partial charge in [0.2, 0.25) is 6.10 Å². The highest BCUT2D eigenvalue weighted by molar-refractivity contribution is 5.97. The molecule has 1 atom stereocenters. The van der Waals surface area contributed by atoms with Crippen LogP contribution >= 0.6 is 0 Å². The number of hydrogen-bond acceptors (Lipinski definition) is 7. The molecule has 3 aromatic carbocycles. The van der Waals surface area contributed by atoms with Crippen LogP contribution in [-0.2, 0) is 14.3 Å². The van der Waals surface area contributed by atoms with Crippen molar-refractivity contribution in [1.82, 2.24) is 0 Å². The van der Waals surface area contributed by atoms with Gasteiger partial charge in [-0.15, -0.1) is 0 Å². The van der Waals surface area contributed by atoms with Crippen LogP contribution in [0.15, 0.2) is 72.8 Å². The predicted octanol–water partition coefficient (Wildman–Crippen LogP) is 4.60. The molecule has 0 saturated heterocycles. The van der Waals surface area contributed by atoms with E-state index in [1.165, 1.54) is 26.2 Å². The van der Waals surface area contributed by atoms with E-state index in [1.807, 2.05) is 6.92 Å². The molecular formula is C27H27NO7. The summed E-state index contributed by atoms with van der Waals surface area (Å²) in [5.41, 5.74) is 1.41. The Bertz CT molecular complexity index is 1180. The standard InChI is InChI=1S/C27H27NO7/c1-4-33-22-13-9-8-12-21(22)28-27(31)26(19-10-6-5-7-11-19)35-25(30)17-34-23-15-14-20(18(2)29)16-24(23)32-3/h5-16,26H,4,17H2,1-3H3,(H,28,31). The van der Waals surface area contributed by atoms with Gasteiger partial charge in [-0.1, -0.05) is 42.5 Å². The van der Waals surface area contributed by atoms with E-state index in [0.29, 0.717) is 34.9 Å². The minimum absolute atomic E-state index is 0.128. The van der Waals surface area contributed by atoms with Crippen molar-refractivity contribution in [3.05, 3.63) is 83.9 Å². The van der Waals surface area contributed by atoms with Gasteiger partial charge in [-0.05, 0) is 44.2 Å². The van der Waals surface area contributed by atoms with E-state index in [-0.39, 0.29) is 11.5 Å². The van der Waals surface area contributed by atoms with Crippen molar-refractivity contribution in [3.8, 4) is 17.2 Å². The lowest BCUT2D eigenvalue weighted by atomic mass is 10.1. The minimum Gasteiger partial charge on any atom is -0.493 e. The van der Waals surface area contributed by atoms with Crippen molar-refractivity contribution >= 4 is 23.3 Å². The van der Waals surface area contributed by atoms with Crippen LogP contribution in [0, 0.1) is 0 Å². The summed E-state index contributed by atoms with van der Waals surface area (Å²) in [7, 11) is 1.43. The van der Waals surface area contributed by atoms with Gasteiger partial charge >= 0.3 is 5.97 Å². The summed E-state index contributed by atoms with van der Waals surface area (Å²) in [5, 5.41) is 2.77. The Morgan fingerprint density at radius 1 is 0.857 bits per heavy atom. The van der Waals surface area contributed by atoms with Crippen LogP contribution in [0.4, 0.5) is 5.69 Å². The fraction of sp³-hybridized carbons (Fsp3) is 0.222. The molecule has 0 fully saturated rings. The van der Waals surface area contributed by atoms with Crippen LogP contribution in [0.1, 0.15) is 35.9 Å². The topological polar surface area (TPSA) is 100 Å². The average molecular weight is 478 g/mol. The van der Waals surface area contributed by atoms with Crippen molar-refractivity contribution in [2.24, 2.45) is 0 Å². The summed E-state index contributed by atoms with van der Waals surface area (Å²) in [6.07, 6.45) is -1.22. The van der Waals surface area contributed by atoms with E-state index in [1.54, 1.807) is 60.7 Å². The number of carbonyl (C=O) groups is 3. The summed E-state index contributed by atoms with van der Waals surface area (Å²) in [6.45, 7) is 3.24. The quantitative estimate of drug-likeness (QED) is 0.318. The van der Waals surface area contributed by atoms with E-state index >= 15 is 0 Å². The monoisotopic (exact) mass is 477 g/mol. The molecule has 0 aromatic heterocycles. The van der Waals surface area contributed by atoms with Gasteiger partial charge in [-0.25, -0.2) is 4.79 Å². The number of benzene rings is 3. The Morgan fingerprint density at radius 3 is 2.26 bits per heavy atom. The number of carbonyl (C=O) groups excluding carboxylic acids is 3. The molecule has 0 aliphatic carbocycles. The van der Waals surface area contributed by atoms with Crippen LogP contribution in [0.25, 0.3) is 0 Å².